The first-order valence-electron chi connectivity index (χ1n) is 8.82. The lowest BCUT2D eigenvalue weighted by Crippen LogP contribution is -2.51. The minimum atomic E-state index is -0.309. The van der Waals surface area contributed by atoms with Crippen LogP contribution in [0.2, 0.25) is 0 Å². The maximum atomic E-state index is 12.1. The van der Waals surface area contributed by atoms with E-state index in [0.717, 1.165) is 17.7 Å². The number of nitrogens with zero attached hydrogens (tertiary/aromatic N) is 2. The van der Waals surface area contributed by atoms with E-state index in [0.29, 0.717) is 25.6 Å². The molecule has 0 atom stereocenters. The number of urea groups is 1. The number of piperidine rings is 1. The van der Waals surface area contributed by atoms with Crippen molar-refractivity contribution < 1.29 is 19.2 Å². The summed E-state index contributed by atoms with van der Waals surface area (Å²) in [6.07, 6.45) is 2.03. The van der Waals surface area contributed by atoms with E-state index < -0.39 is 0 Å². The van der Waals surface area contributed by atoms with Gasteiger partial charge in [0.15, 0.2) is 0 Å². The highest BCUT2D eigenvalue weighted by Gasteiger charge is 2.31. The molecule has 0 bridgehead atoms. The number of imide groups is 1. The third kappa shape index (κ3) is 5.72. The molecule has 0 radical (unpaired) electrons. The third-order valence-electron chi connectivity index (χ3n) is 4.43. The monoisotopic (exact) mass is 352 g/mol. The molecule has 5 amide bonds. The van der Waals surface area contributed by atoms with Gasteiger partial charge in [0.2, 0.25) is 17.7 Å². The van der Waals surface area contributed by atoms with Crippen molar-refractivity contribution >= 4 is 23.8 Å². The smallest absolute Gasteiger partial charge is 0.317 e. The highest BCUT2D eigenvalue weighted by atomic mass is 16.2. The van der Waals surface area contributed by atoms with Crippen LogP contribution in [-0.4, -0.2) is 65.3 Å². The topological polar surface area (TPSA) is 98.8 Å². The summed E-state index contributed by atoms with van der Waals surface area (Å²) < 4.78 is 0. The highest BCUT2D eigenvalue weighted by Crippen LogP contribution is 2.17. The van der Waals surface area contributed by atoms with Gasteiger partial charge in [0.25, 0.3) is 0 Å². The van der Waals surface area contributed by atoms with E-state index in [1.54, 1.807) is 4.90 Å². The lowest BCUT2D eigenvalue weighted by atomic mass is 9.97. The van der Waals surface area contributed by atoms with Gasteiger partial charge in [0, 0.05) is 38.0 Å². The van der Waals surface area contributed by atoms with Gasteiger partial charge in [-0.15, -0.1) is 0 Å². The summed E-state index contributed by atoms with van der Waals surface area (Å²) in [6.45, 7) is 7.47. The van der Waals surface area contributed by atoms with E-state index >= 15 is 0 Å². The Bertz CT molecular complexity index is 531. The van der Waals surface area contributed by atoms with E-state index in [9.17, 15) is 19.2 Å². The van der Waals surface area contributed by atoms with Crippen LogP contribution in [0, 0.1) is 5.92 Å². The maximum absolute atomic E-state index is 12.1. The normalized spacial score (nSPS) is 19.3. The number of rotatable bonds is 4. The van der Waals surface area contributed by atoms with Crippen molar-refractivity contribution in [2.75, 3.05) is 26.2 Å². The Morgan fingerprint density at radius 2 is 1.64 bits per heavy atom. The summed E-state index contributed by atoms with van der Waals surface area (Å²) in [5, 5.41) is 5.75. The molecular formula is C17H28N4O4. The van der Waals surface area contributed by atoms with Gasteiger partial charge in [0.1, 0.15) is 6.54 Å². The average Bonchev–Trinajstić information content (AvgIpc) is 2.83. The first-order valence-corrected chi connectivity index (χ1v) is 8.82. The Balaban J connectivity index is 1.68. The van der Waals surface area contributed by atoms with Crippen LogP contribution < -0.4 is 10.6 Å². The third-order valence-corrected chi connectivity index (χ3v) is 4.43. The summed E-state index contributed by atoms with van der Waals surface area (Å²) in [5.74, 6) is -0.569. The molecule has 8 nitrogen and oxygen atoms in total. The number of amides is 5. The molecule has 0 unspecified atom stereocenters. The Hall–Kier alpha value is -2.12. The van der Waals surface area contributed by atoms with Crippen LogP contribution in [0.1, 0.15) is 46.5 Å². The van der Waals surface area contributed by atoms with Gasteiger partial charge in [-0.05, 0) is 39.5 Å². The fourth-order valence-corrected chi connectivity index (χ4v) is 3.00. The molecule has 2 N–H and O–H groups in total. The van der Waals surface area contributed by atoms with E-state index in [-0.39, 0.29) is 48.7 Å². The fourth-order valence-electron chi connectivity index (χ4n) is 3.00. The van der Waals surface area contributed by atoms with E-state index in [1.807, 2.05) is 20.8 Å². The quantitative estimate of drug-likeness (QED) is 0.719. The number of carbonyl (C=O) groups is 4. The van der Waals surface area contributed by atoms with E-state index in [1.165, 1.54) is 0 Å². The minimum Gasteiger partial charge on any atom is -0.354 e. The zero-order chi connectivity index (χ0) is 18.6. The van der Waals surface area contributed by atoms with Crippen LogP contribution in [0.25, 0.3) is 0 Å². The van der Waals surface area contributed by atoms with Gasteiger partial charge in [0.05, 0.1) is 0 Å². The number of hydrogen-bond acceptors (Lipinski definition) is 4. The van der Waals surface area contributed by atoms with Crippen LogP contribution >= 0.6 is 0 Å². The van der Waals surface area contributed by atoms with E-state index in [4.69, 9.17) is 0 Å². The number of nitrogens with one attached hydrogen (secondary N) is 2. The van der Waals surface area contributed by atoms with Gasteiger partial charge in [-0.3, -0.25) is 19.3 Å². The fraction of sp³-hybridized carbons (Fsp3) is 0.765. The second-order valence-corrected chi connectivity index (χ2v) is 7.79. The molecule has 0 aromatic heterocycles. The molecule has 2 heterocycles. The minimum absolute atomic E-state index is 0.0546. The van der Waals surface area contributed by atoms with Gasteiger partial charge in [-0.25, -0.2) is 4.79 Å². The lowest BCUT2D eigenvalue weighted by molar-refractivity contribution is -0.142. The molecule has 0 aromatic carbocycles. The molecule has 2 aliphatic heterocycles. The SMILES string of the molecule is CC(C)(C)NC(=O)N1CCC(CNC(=O)CN2C(=O)CCC2=O)CC1. The van der Waals surface area contributed by atoms with E-state index in [2.05, 4.69) is 10.6 Å². The number of carbonyl (C=O) groups excluding carboxylic acids is 4. The Labute approximate surface area is 148 Å². The number of hydrogen-bond donors (Lipinski definition) is 2. The van der Waals surface area contributed by atoms with Gasteiger partial charge >= 0.3 is 6.03 Å². The molecule has 8 heteroatoms. The summed E-state index contributed by atoms with van der Waals surface area (Å²) in [5.41, 5.74) is -0.258. The molecule has 0 spiro atoms. The zero-order valence-corrected chi connectivity index (χ0v) is 15.3. The van der Waals surface area contributed by atoms with Crippen molar-refractivity contribution in [3.05, 3.63) is 0 Å². The van der Waals surface area contributed by atoms with Crippen molar-refractivity contribution in [1.29, 1.82) is 0 Å². The highest BCUT2D eigenvalue weighted by molar-refractivity contribution is 6.04. The summed E-state index contributed by atoms with van der Waals surface area (Å²) in [4.78, 5) is 49.9. The summed E-state index contributed by atoms with van der Waals surface area (Å²) in [6, 6.07) is -0.0546. The van der Waals surface area contributed by atoms with Crippen LogP contribution in [0.3, 0.4) is 0 Å². The molecule has 2 aliphatic rings. The second-order valence-electron chi connectivity index (χ2n) is 7.79. The van der Waals surface area contributed by atoms with Crippen molar-refractivity contribution in [1.82, 2.24) is 20.4 Å². The second kappa shape index (κ2) is 7.84. The predicted octanol–water partition coefficient (Wildman–Crippen LogP) is 0.472. The standard InChI is InChI=1S/C17H28N4O4/c1-17(2,3)19-16(25)20-8-6-12(7-9-20)10-18-13(22)11-21-14(23)4-5-15(21)24/h12H,4-11H2,1-3H3,(H,18,22)(H,19,25). The molecule has 2 saturated heterocycles. The largest absolute Gasteiger partial charge is 0.354 e. The molecule has 0 aliphatic carbocycles. The molecule has 0 aromatic rings. The Morgan fingerprint density at radius 3 is 2.16 bits per heavy atom. The number of likely N-dealkylation sites (tertiary alicyclic amines) is 2. The van der Waals surface area contributed by atoms with Gasteiger partial charge in [-0.2, -0.15) is 0 Å². The van der Waals surface area contributed by atoms with Crippen molar-refractivity contribution in [3.63, 3.8) is 0 Å². The predicted molar refractivity (Wildman–Crippen MR) is 91.5 cm³/mol. The molecule has 2 rings (SSSR count). The van der Waals surface area contributed by atoms with Crippen LogP contribution in [0.15, 0.2) is 0 Å². The van der Waals surface area contributed by atoms with Crippen LogP contribution in [0.4, 0.5) is 4.79 Å². The Kier molecular flexibility index (Phi) is 6.02. The van der Waals surface area contributed by atoms with Crippen molar-refractivity contribution in [2.24, 2.45) is 5.92 Å². The molecule has 0 saturated carbocycles. The van der Waals surface area contributed by atoms with Crippen molar-refractivity contribution in [3.8, 4) is 0 Å². The molecule has 2 fully saturated rings. The molecular weight excluding hydrogens is 324 g/mol. The first-order chi connectivity index (χ1) is 11.7. The maximum Gasteiger partial charge on any atom is 0.317 e. The lowest BCUT2D eigenvalue weighted by Gasteiger charge is -2.34. The molecule has 25 heavy (non-hydrogen) atoms. The first kappa shape index (κ1) is 19.2. The zero-order valence-electron chi connectivity index (χ0n) is 15.3. The van der Waals surface area contributed by atoms with Gasteiger partial charge < -0.3 is 15.5 Å². The van der Waals surface area contributed by atoms with Gasteiger partial charge in [-0.1, -0.05) is 0 Å². The van der Waals surface area contributed by atoms with Crippen molar-refractivity contribution in [2.45, 2.75) is 52.0 Å². The Morgan fingerprint density at radius 1 is 1.08 bits per heavy atom. The molecule has 140 valence electrons. The summed E-state index contributed by atoms with van der Waals surface area (Å²) in [7, 11) is 0. The average molecular weight is 352 g/mol. The summed E-state index contributed by atoms with van der Waals surface area (Å²) >= 11 is 0. The van der Waals surface area contributed by atoms with Crippen LogP contribution in [-0.2, 0) is 14.4 Å². The van der Waals surface area contributed by atoms with Crippen LogP contribution in [0.5, 0.6) is 0 Å².